The van der Waals surface area contributed by atoms with Crippen LogP contribution in [0.15, 0.2) is 52.0 Å². The summed E-state index contributed by atoms with van der Waals surface area (Å²) in [5.41, 5.74) is 0.938. The van der Waals surface area contributed by atoms with Crippen LogP contribution in [0.1, 0.15) is 29.5 Å². The van der Waals surface area contributed by atoms with Crippen LogP contribution in [0.25, 0.3) is 0 Å². The fourth-order valence-electron chi connectivity index (χ4n) is 2.74. The van der Waals surface area contributed by atoms with E-state index in [-0.39, 0.29) is 11.9 Å². The summed E-state index contributed by atoms with van der Waals surface area (Å²) < 4.78 is 5.45. The Kier molecular flexibility index (Phi) is 5.41. The normalized spacial score (nSPS) is 21.1. The number of nitrogens with one attached hydrogen (secondary N) is 2. The van der Waals surface area contributed by atoms with Gasteiger partial charge in [-0.2, -0.15) is 0 Å². The summed E-state index contributed by atoms with van der Waals surface area (Å²) in [4.78, 5) is 13.7. The third-order valence-corrected chi connectivity index (χ3v) is 5.30. The summed E-state index contributed by atoms with van der Waals surface area (Å²) in [6, 6.07) is 12.2. The molecule has 3 rings (SSSR count). The van der Waals surface area contributed by atoms with Gasteiger partial charge in [0.1, 0.15) is 0 Å². The minimum Gasteiger partial charge on any atom is -0.459 e. The second kappa shape index (κ2) is 7.70. The van der Waals surface area contributed by atoms with Crippen LogP contribution in [0, 0.1) is 5.92 Å². The molecule has 0 saturated carbocycles. The van der Waals surface area contributed by atoms with Crippen molar-refractivity contribution in [3.8, 4) is 0 Å². The summed E-state index contributed by atoms with van der Waals surface area (Å²) in [6.07, 6.45) is 2.68. The first kappa shape index (κ1) is 16.1. The predicted octanol–water partition coefficient (Wildman–Crippen LogP) is 3.30. The van der Waals surface area contributed by atoms with Gasteiger partial charge in [0.2, 0.25) is 0 Å². The molecule has 1 saturated heterocycles. The lowest BCUT2D eigenvalue weighted by atomic mass is 9.95. The highest BCUT2D eigenvalue weighted by Gasteiger charge is 2.25. The summed E-state index contributed by atoms with van der Waals surface area (Å²) in [5.74, 6) is 1.53. The van der Waals surface area contributed by atoms with E-state index in [4.69, 9.17) is 4.42 Å². The van der Waals surface area contributed by atoms with Crippen LogP contribution < -0.4 is 10.6 Å². The molecule has 2 N–H and O–H groups in total. The van der Waals surface area contributed by atoms with Gasteiger partial charge in [0, 0.05) is 28.8 Å². The molecule has 2 unspecified atom stereocenters. The molecular weight excluding hydrogens is 308 g/mol. The van der Waals surface area contributed by atoms with Crippen LogP contribution >= 0.6 is 11.8 Å². The zero-order valence-electron chi connectivity index (χ0n) is 13.2. The highest BCUT2D eigenvalue weighted by molar-refractivity contribution is 7.98. The van der Waals surface area contributed by atoms with Crippen molar-refractivity contribution in [3.63, 3.8) is 0 Å². The van der Waals surface area contributed by atoms with Gasteiger partial charge in [0.05, 0.1) is 6.26 Å². The van der Waals surface area contributed by atoms with Gasteiger partial charge < -0.3 is 15.1 Å². The molecule has 2 aromatic rings. The smallest absolute Gasteiger partial charge is 0.287 e. The third-order valence-electron chi connectivity index (χ3n) is 4.23. The Bertz CT molecular complexity index is 641. The Hall–Kier alpha value is -1.72. The van der Waals surface area contributed by atoms with Crippen LogP contribution in [0.4, 0.5) is 0 Å². The Morgan fingerprint density at radius 3 is 2.96 bits per heavy atom. The highest BCUT2D eigenvalue weighted by atomic mass is 32.2. The van der Waals surface area contributed by atoms with Gasteiger partial charge in [-0.05, 0) is 37.1 Å². The maximum absolute atomic E-state index is 12.5. The quantitative estimate of drug-likeness (QED) is 0.826. The molecule has 4 nitrogen and oxygen atoms in total. The molecule has 1 aliphatic heterocycles. The Morgan fingerprint density at radius 1 is 1.35 bits per heavy atom. The molecule has 1 aliphatic rings. The van der Waals surface area contributed by atoms with Crippen molar-refractivity contribution in [2.24, 2.45) is 5.92 Å². The second-order valence-electron chi connectivity index (χ2n) is 5.93. The molecule has 1 amide bonds. The topological polar surface area (TPSA) is 54.3 Å². The molecule has 1 aromatic carbocycles. The molecular formula is C18H22N2O2S. The van der Waals surface area contributed by atoms with Crippen molar-refractivity contribution in [2.45, 2.75) is 30.0 Å². The van der Waals surface area contributed by atoms with E-state index in [1.165, 1.54) is 4.90 Å². The zero-order chi connectivity index (χ0) is 16.1. The van der Waals surface area contributed by atoms with Gasteiger partial charge in [0.25, 0.3) is 5.91 Å². The first-order valence-corrected chi connectivity index (χ1v) is 8.98. The van der Waals surface area contributed by atoms with Gasteiger partial charge in [-0.1, -0.05) is 25.1 Å². The first-order valence-electron chi connectivity index (χ1n) is 8.00. The number of furan rings is 1. The van der Waals surface area contributed by atoms with E-state index in [9.17, 15) is 4.79 Å². The number of carbonyl (C=O) groups excluding carboxylic acids is 1. The number of hydrogen-bond donors (Lipinski definition) is 2. The van der Waals surface area contributed by atoms with Gasteiger partial charge >= 0.3 is 0 Å². The standard InChI is InChI=1S/C18H22N2O2S/c1-13-7-9-19-11-16(13)20-18(21)17-14(8-10-22-17)12-23-15-5-3-2-4-6-15/h2-6,8,10,13,16,19H,7,9,11-12H2,1H3,(H,20,21). The molecule has 23 heavy (non-hydrogen) atoms. The predicted molar refractivity (Wildman–Crippen MR) is 92.6 cm³/mol. The van der Waals surface area contributed by atoms with Crippen molar-refractivity contribution >= 4 is 17.7 Å². The minimum absolute atomic E-state index is 0.112. The number of rotatable bonds is 5. The number of amides is 1. The molecule has 1 fully saturated rings. The Morgan fingerprint density at radius 2 is 2.17 bits per heavy atom. The SMILES string of the molecule is CC1CCNCC1NC(=O)c1occc1CSc1ccccc1. The highest BCUT2D eigenvalue weighted by Crippen LogP contribution is 2.25. The van der Waals surface area contributed by atoms with Gasteiger partial charge in [-0.15, -0.1) is 11.8 Å². The van der Waals surface area contributed by atoms with Gasteiger partial charge in [0.15, 0.2) is 5.76 Å². The maximum Gasteiger partial charge on any atom is 0.287 e. The number of hydrogen-bond acceptors (Lipinski definition) is 4. The van der Waals surface area contributed by atoms with Crippen molar-refractivity contribution in [2.75, 3.05) is 13.1 Å². The maximum atomic E-state index is 12.5. The zero-order valence-corrected chi connectivity index (χ0v) is 14.1. The molecule has 1 aromatic heterocycles. The monoisotopic (exact) mass is 330 g/mol. The Labute approximate surface area is 141 Å². The average Bonchev–Trinajstić information content (AvgIpc) is 3.05. The molecule has 2 heterocycles. The van der Waals surface area contributed by atoms with E-state index < -0.39 is 0 Å². The molecule has 122 valence electrons. The van der Waals surface area contributed by atoms with Crippen molar-refractivity contribution in [1.82, 2.24) is 10.6 Å². The summed E-state index contributed by atoms with van der Waals surface area (Å²) in [6.45, 7) is 4.02. The fourth-order valence-corrected chi connectivity index (χ4v) is 3.64. The van der Waals surface area contributed by atoms with Crippen LogP contribution in [-0.4, -0.2) is 25.0 Å². The number of carbonyl (C=O) groups is 1. The third kappa shape index (κ3) is 4.18. The Balaban J connectivity index is 1.62. The molecule has 0 bridgehead atoms. The van der Waals surface area contributed by atoms with Gasteiger partial charge in [-0.25, -0.2) is 0 Å². The van der Waals surface area contributed by atoms with Crippen LogP contribution in [0.3, 0.4) is 0 Å². The van der Waals surface area contributed by atoms with E-state index in [1.807, 2.05) is 24.3 Å². The fraction of sp³-hybridized carbons (Fsp3) is 0.389. The number of benzene rings is 1. The van der Waals surface area contributed by atoms with Crippen LogP contribution in [0.5, 0.6) is 0 Å². The van der Waals surface area contributed by atoms with E-state index in [0.29, 0.717) is 11.7 Å². The summed E-state index contributed by atoms with van der Waals surface area (Å²) in [7, 11) is 0. The lowest BCUT2D eigenvalue weighted by Gasteiger charge is -2.30. The van der Waals surface area contributed by atoms with Crippen LogP contribution in [-0.2, 0) is 5.75 Å². The second-order valence-corrected chi connectivity index (χ2v) is 6.98. The molecule has 5 heteroatoms. The lowest BCUT2D eigenvalue weighted by Crippen LogP contribution is -2.50. The number of piperidine rings is 1. The summed E-state index contributed by atoms with van der Waals surface area (Å²) >= 11 is 1.70. The largest absolute Gasteiger partial charge is 0.459 e. The van der Waals surface area contributed by atoms with Crippen molar-refractivity contribution in [1.29, 1.82) is 0 Å². The van der Waals surface area contributed by atoms with Crippen molar-refractivity contribution in [3.05, 3.63) is 54.0 Å². The minimum atomic E-state index is -0.112. The van der Waals surface area contributed by atoms with Gasteiger partial charge in [-0.3, -0.25) is 4.79 Å². The molecule has 0 spiro atoms. The molecule has 2 atom stereocenters. The molecule has 0 aliphatic carbocycles. The summed E-state index contributed by atoms with van der Waals surface area (Å²) in [5, 5.41) is 6.43. The van der Waals surface area contributed by atoms with E-state index in [2.05, 4.69) is 29.7 Å². The average molecular weight is 330 g/mol. The number of thioether (sulfide) groups is 1. The van der Waals surface area contributed by atoms with Crippen LogP contribution in [0.2, 0.25) is 0 Å². The van der Waals surface area contributed by atoms with E-state index in [1.54, 1.807) is 18.0 Å². The van der Waals surface area contributed by atoms with E-state index in [0.717, 1.165) is 30.8 Å². The lowest BCUT2D eigenvalue weighted by molar-refractivity contribution is 0.0886. The van der Waals surface area contributed by atoms with E-state index >= 15 is 0 Å². The first-order chi connectivity index (χ1) is 11.2. The molecule has 0 radical (unpaired) electrons. The van der Waals surface area contributed by atoms with Crippen molar-refractivity contribution < 1.29 is 9.21 Å².